The Morgan fingerprint density at radius 2 is 1.75 bits per heavy atom. The summed E-state index contributed by atoms with van der Waals surface area (Å²) < 4.78 is 0. The first-order valence-corrected chi connectivity index (χ1v) is 5.64. The third-order valence-electron chi connectivity index (χ3n) is 3.06. The molecule has 1 heteroatoms. The molecule has 0 spiro atoms. The van der Waals surface area contributed by atoms with Crippen molar-refractivity contribution in [2.45, 2.75) is 12.8 Å². The number of hydrogen-bond acceptors (Lipinski definition) is 1. The Bertz CT molecular complexity index is 526. The van der Waals surface area contributed by atoms with Gasteiger partial charge in [-0.1, -0.05) is 30.3 Å². The lowest BCUT2D eigenvalue weighted by Gasteiger charge is -2.17. The number of rotatable bonds is 1. The minimum absolute atomic E-state index is 1.13. The summed E-state index contributed by atoms with van der Waals surface area (Å²) >= 11 is 0. The average molecular weight is 207 g/mol. The number of nitrogens with zero attached hydrogens (tertiary/aromatic N) is 1. The molecule has 0 bridgehead atoms. The Morgan fingerprint density at radius 3 is 2.62 bits per heavy atom. The third kappa shape index (κ3) is 1.54. The quantitative estimate of drug-likeness (QED) is 0.697. The number of fused-ring (bicyclic) bond motifs is 1. The van der Waals surface area contributed by atoms with Gasteiger partial charge in [0.15, 0.2) is 0 Å². The molecule has 0 unspecified atom stereocenters. The average Bonchev–Trinajstić information content (AvgIpc) is 2.39. The zero-order valence-corrected chi connectivity index (χ0v) is 9.06. The van der Waals surface area contributed by atoms with E-state index in [4.69, 9.17) is 0 Å². The van der Waals surface area contributed by atoms with Gasteiger partial charge >= 0.3 is 0 Å². The van der Waals surface area contributed by atoms with Crippen LogP contribution in [0.5, 0.6) is 0 Å². The van der Waals surface area contributed by atoms with Crippen LogP contribution in [0.1, 0.15) is 23.1 Å². The Morgan fingerprint density at radius 1 is 0.938 bits per heavy atom. The summed E-state index contributed by atoms with van der Waals surface area (Å²) in [7, 11) is 0. The maximum atomic E-state index is 4.07. The Hall–Kier alpha value is -1.89. The highest BCUT2D eigenvalue weighted by molar-refractivity contribution is 5.82. The van der Waals surface area contributed by atoms with E-state index in [2.05, 4.69) is 47.5 Å². The van der Waals surface area contributed by atoms with E-state index >= 15 is 0 Å². The summed E-state index contributed by atoms with van der Waals surface area (Å²) in [6, 6.07) is 12.8. The molecule has 0 amide bonds. The molecule has 0 fully saturated rings. The van der Waals surface area contributed by atoms with Crippen LogP contribution in [0, 0.1) is 0 Å². The molecule has 1 aromatic heterocycles. The van der Waals surface area contributed by atoms with Crippen LogP contribution in [-0.4, -0.2) is 4.98 Å². The van der Waals surface area contributed by atoms with Gasteiger partial charge in [-0.05, 0) is 47.2 Å². The van der Waals surface area contributed by atoms with Crippen molar-refractivity contribution >= 4 is 5.57 Å². The summed E-state index contributed by atoms with van der Waals surface area (Å²) in [6.07, 6.45) is 8.33. The normalized spacial score (nSPS) is 14.1. The second kappa shape index (κ2) is 3.93. The van der Waals surface area contributed by atoms with Gasteiger partial charge in [-0.25, -0.2) is 0 Å². The van der Waals surface area contributed by atoms with Gasteiger partial charge in [-0.2, -0.15) is 0 Å². The molecule has 0 radical (unpaired) electrons. The summed E-state index contributed by atoms with van der Waals surface area (Å²) in [6.45, 7) is 0. The second-order valence-corrected chi connectivity index (χ2v) is 4.05. The van der Waals surface area contributed by atoms with E-state index in [0.717, 1.165) is 12.8 Å². The van der Waals surface area contributed by atoms with Crippen LogP contribution in [0.2, 0.25) is 0 Å². The van der Waals surface area contributed by atoms with Crippen LogP contribution in [0.15, 0.2) is 54.9 Å². The third-order valence-corrected chi connectivity index (χ3v) is 3.06. The molecular weight excluding hydrogens is 194 g/mol. The lowest BCUT2D eigenvalue weighted by molar-refractivity contribution is 0.977. The van der Waals surface area contributed by atoms with Gasteiger partial charge in [0.2, 0.25) is 0 Å². The molecule has 0 atom stereocenters. The highest BCUT2D eigenvalue weighted by Gasteiger charge is 2.12. The standard InChI is InChI=1S/C15H13N/c1-2-6-14-12(4-1)5-3-7-15(14)13-8-10-16-11-9-13/h1-2,4,6-11H,3,5H2. The van der Waals surface area contributed by atoms with E-state index < -0.39 is 0 Å². The monoisotopic (exact) mass is 207 g/mol. The number of aromatic nitrogens is 1. The van der Waals surface area contributed by atoms with Crippen molar-refractivity contribution in [1.29, 1.82) is 0 Å². The molecule has 1 aromatic carbocycles. The first-order chi connectivity index (χ1) is 7.95. The summed E-state index contributed by atoms with van der Waals surface area (Å²) in [5, 5.41) is 0. The second-order valence-electron chi connectivity index (χ2n) is 4.05. The smallest absolute Gasteiger partial charge is 0.0273 e. The zero-order valence-electron chi connectivity index (χ0n) is 9.06. The molecule has 0 saturated heterocycles. The highest BCUT2D eigenvalue weighted by atomic mass is 14.6. The lowest BCUT2D eigenvalue weighted by atomic mass is 9.87. The van der Waals surface area contributed by atoms with Gasteiger partial charge in [-0.15, -0.1) is 0 Å². The SMILES string of the molecule is C1=C(c2ccncc2)c2ccccc2CC1. The fourth-order valence-electron chi connectivity index (χ4n) is 2.29. The van der Waals surface area contributed by atoms with Gasteiger partial charge < -0.3 is 0 Å². The first kappa shape index (κ1) is 9.34. The summed E-state index contributed by atoms with van der Waals surface area (Å²) in [5.74, 6) is 0. The Kier molecular flexibility index (Phi) is 2.30. The Balaban J connectivity index is 2.13. The van der Waals surface area contributed by atoms with Gasteiger partial charge in [0.25, 0.3) is 0 Å². The van der Waals surface area contributed by atoms with E-state index in [1.54, 1.807) is 0 Å². The zero-order chi connectivity index (χ0) is 10.8. The van der Waals surface area contributed by atoms with Crippen LogP contribution in [0.3, 0.4) is 0 Å². The topological polar surface area (TPSA) is 12.9 Å². The molecule has 3 rings (SSSR count). The van der Waals surface area contributed by atoms with Gasteiger partial charge in [0.1, 0.15) is 0 Å². The number of aryl methyl sites for hydroxylation is 1. The molecule has 1 aliphatic rings. The molecule has 16 heavy (non-hydrogen) atoms. The molecule has 0 aliphatic heterocycles. The number of benzene rings is 1. The van der Waals surface area contributed by atoms with E-state index in [9.17, 15) is 0 Å². The van der Waals surface area contributed by atoms with Gasteiger partial charge in [0, 0.05) is 12.4 Å². The summed E-state index contributed by atoms with van der Waals surface area (Å²) in [5.41, 5.74) is 5.45. The number of hydrogen-bond donors (Lipinski definition) is 0. The minimum Gasteiger partial charge on any atom is -0.265 e. The number of allylic oxidation sites excluding steroid dienone is 1. The van der Waals surface area contributed by atoms with Gasteiger partial charge in [0.05, 0.1) is 0 Å². The van der Waals surface area contributed by atoms with Crippen molar-refractivity contribution in [2.24, 2.45) is 0 Å². The van der Waals surface area contributed by atoms with Crippen LogP contribution < -0.4 is 0 Å². The fourth-order valence-corrected chi connectivity index (χ4v) is 2.29. The van der Waals surface area contributed by atoms with Crippen molar-refractivity contribution in [3.63, 3.8) is 0 Å². The van der Waals surface area contributed by atoms with Crippen molar-refractivity contribution in [3.05, 3.63) is 71.6 Å². The van der Waals surface area contributed by atoms with Crippen LogP contribution >= 0.6 is 0 Å². The predicted molar refractivity (Wildman–Crippen MR) is 66.1 cm³/mol. The van der Waals surface area contributed by atoms with E-state index in [1.165, 1.54) is 22.3 Å². The fraction of sp³-hybridized carbons (Fsp3) is 0.133. The maximum Gasteiger partial charge on any atom is 0.0273 e. The minimum atomic E-state index is 1.13. The molecular formula is C15H13N. The van der Waals surface area contributed by atoms with Crippen molar-refractivity contribution < 1.29 is 0 Å². The van der Waals surface area contributed by atoms with E-state index in [0.29, 0.717) is 0 Å². The van der Waals surface area contributed by atoms with E-state index in [1.807, 2.05) is 12.4 Å². The van der Waals surface area contributed by atoms with Crippen molar-refractivity contribution in [2.75, 3.05) is 0 Å². The molecule has 2 aromatic rings. The predicted octanol–water partition coefficient (Wildman–Crippen LogP) is 3.46. The largest absolute Gasteiger partial charge is 0.265 e. The molecule has 78 valence electrons. The number of pyridine rings is 1. The van der Waals surface area contributed by atoms with Crippen molar-refractivity contribution in [3.8, 4) is 0 Å². The molecule has 0 N–H and O–H groups in total. The van der Waals surface area contributed by atoms with Crippen LogP contribution in [0.4, 0.5) is 0 Å². The van der Waals surface area contributed by atoms with Gasteiger partial charge in [-0.3, -0.25) is 4.98 Å². The Labute approximate surface area is 95.5 Å². The first-order valence-electron chi connectivity index (χ1n) is 5.64. The molecule has 1 heterocycles. The maximum absolute atomic E-state index is 4.07. The molecule has 1 aliphatic carbocycles. The lowest BCUT2D eigenvalue weighted by Crippen LogP contribution is -2.00. The molecule has 0 saturated carbocycles. The van der Waals surface area contributed by atoms with Crippen LogP contribution in [-0.2, 0) is 6.42 Å². The highest BCUT2D eigenvalue weighted by Crippen LogP contribution is 2.30. The summed E-state index contributed by atoms with van der Waals surface area (Å²) in [4.78, 5) is 4.07. The van der Waals surface area contributed by atoms with Crippen molar-refractivity contribution in [1.82, 2.24) is 4.98 Å². The van der Waals surface area contributed by atoms with E-state index in [-0.39, 0.29) is 0 Å². The molecule has 1 nitrogen and oxygen atoms in total. The van der Waals surface area contributed by atoms with Crippen LogP contribution in [0.25, 0.3) is 5.57 Å².